The summed E-state index contributed by atoms with van der Waals surface area (Å²) in [7, 11) is 0. The number of hydrogen-bond acceptors (Lipinski definition) is 4. The molecule has 1 N–H and O–H groups in total. The number of rotatable bonds is 2. The van der Waals surface area contributed by atoms with Crippen molar-refractivity contribution >= 4 is 23.4 Å². The summed E-state index contributed by atoms with van der Waals surface area (Å²) in [5.41, 5.74) is 2.82. The molecule has 0 saturated carbocycles. The second kappa shape index (κ2) is 6.01. The van der Waals surface area contributed by atoms with Crippen LogP contribution in [-0.2, 0) is 22.6 Å². The average Bonchev–Trinajstić information content (AvgIpc) is 3.03. The van der Waals surface area contributed by atoms with E-state index < -0.39 is 6.04 Å². The van der Waals surface area contributed by atoms with E-state index in [1.54, 1.807) is 21.6 Å². The Balaban J connectivity index is 1.63. The van der Waals surface area contributed by atoms with Crippen molar-refractivity contribution in [1.29, 1.82) is 0 Å². The largest absolute Gasteiger partial charge is 0.326 e. The van der Waals surface area contributed by atoms with Crippen LogP contribution in [0.3, 0.4) is 0 Å². The van der Waals surface area contributed by atoms with Gasteiger partial charge in [-0.25, -0.2) is 0 Å². The topological polar surface area (TPSA) is 79.6 Å². The molecule has 1 aliphatic heterocycles. The van der Waals surface area contributed by atoms with Crippen LogP contribution >= 0.6 is 0 Å². The minimum absolute atomic E-state index is 0.124. The zero-order valence-electron chi connectivity index (χ0n) is 13.7. The summed E-state index contributed by atoms with van der Waals surface area (Å²) >= 11 is 0. The number of benzene rings is 1. The number of aromatic nitrogens is 3. The fourth-order valence-corrected chi connectivity index (χ4v) is 3.21. The molecular formula is C18H17N5O2. The first-order valence-corrected chi connectivity index (χ1v) is 8.08. The molecule has 3 heterocycles. The number of pyridine rings is 1. The molecule has 3 aromatic rings. The van der Waals surface area contributed by atoms with Crippen LogP contribution < -0.4 is 5.32 Å². The Morgan fingerprint density at radius 2 is 1.84 bits per heavy atom. The lowest BCUT2D eigenvalue weighted by Gasteiger charge is -2.35. The lowest BCUT2D eigenvalue weighted by atomic mass is 9.93. The van der Waals surface area contributed by atoms with Gasteiger partial charge in [0.05, 0.1) is 0 Å². The predicted octanol–water partition coefficient (Wildman–Crippen LogP) is 1.64. The Bertz CT molecular complexity index is 965. The highest BCUT2D eigenvalue weighted by atomic mass is 16.2. The normalized spacial score (nSPS) is 16.5. The third-order valence-corrected chi connectivity index (χ3v) is 4.50. The molecular weight excluding hydrogens is 318 g/mol. The van der Waals surface area contributed by atoms with Crippen LogP contribution in [-0.4, -0.2) is 37.4 Å². The molecule has 7 nitrogen and oxygen atoms in total. The van der Waals surface area contributed by atoms with Gasteiger partial charge in [-0.2, -0.15) is 0 Å². The first kappa shape index (κ1) is 15.3. The van der Waals surface area contributed by atoms with Gasteiger partial charge in [0.25, 0.3) is 0 Å². The molecule has 0 spiro atoms. The minimum Gasteiger partial charge on any atom is -0.326 e. The van der Waals surface area contributed by atoms with Crippen molar-refractivity contribution in [1.82, 2.24) is 19.5 Å². The lowest BCUT2D eigenvalue weighted by molar-refractivity contribution is -0.138. The molecule has 25 heavy (non-hydrogen) atoms. The maximum Gasteiger partial charge on any atom is 0.249 e. The summed E-state index contributed by atoms with van der Waals surface area (Å²) < 4.78 is 1.70. The summed E-state index contributed by atoms with van der Waals surface area (Å²) in [5.74, 6) is -0.0356. The standard InChI is InChI=1S/C18H17N5O2/c1-12(24)23-11-14-7-3-2-6-13(14)10-15(23)17(25)19-18-21-20-16-8-4-5-9-22(16)18/h2-9,15H,10-11H2,1H3,(H,19,21,25). The van der Waals surface area contributed by atoms with Crippen LogP contribution in [0.5, 0.6) is 0 Å². The number of carbonyl (C=O) groups is 2. The molecule has 2 aromatic heterocycles. The number of amides is 2. The number of anilines is 1. The van der Waals surface area contributed by atoms with Gasteiger partial charge in [-0.3, -0.25) is 19.3 Å². The maximum atomic E-state index is 12.8. The van der Waals surface area contributed by atoms with Crippen LogP contribution in [0, 0.1) is 0 Å². The van der Waals surface area contributed by atoms with Crippen LogP contribution in [0.25, 0.3) is 5.65 Å². The van der Waals surface area contributed by atoms with Gasteiger partial charge >= 0.3 is 0 Å². The van der Waals surface area contributed by atoms with E-state index in [4.69, 9.17) is 0 Å². The molecule has 0 radical (unpaired) electrons. The molecule has 1 atom stereocenters. The summed E-state index contributed by atoms with van der Waals surface area (Å²) in [6, 6.07) is 12.8. The molecule has 1 unspecified atom stereocenters. The van der Waals surface area contributed by atoms with Gasteiger partial charge in [0, 0.05) is 26.1 Å². The lowest BCUT2D eigenvalue weighted by Crippen LogP contribution is -2.50. The van der Waals surface area contributed by atoms with E-state index >= 15 is 0 Å². The minimum atomic E-state index is -0.566. The van der Waals surface area contributed by atoms with E-state index in [2.05, 4.69) is 15.5 Å². The van der Waals surface area contributed by atoms with Crippen molar-refractivity contribution < 1.29 is 9.59 Å². The molecule has 0 aliphatic carbocycles. The Hall–Kier alpha value is -3.22. The highest BCUT2D eigenvalue weighted by Gasteiger charge is 2.33. The highest BCUT2D eigenvalue weighted by Crippen LogP contribution is 2.24. The fraction of sp³-hybridized carbons (Fsp3) is 0.222. The number of nitrogens with zero attached hydrogens (tertiary/aromatic N) is 4. The van der Waals surface area contributed by atoms with E-state index in [1.807, 2.05) is 36.4 Å². The summed E-state index contributed by atoms with van der Waals surface area (Å²) in [5, 5.41) is 10.9. The molecule has 0 bridgehead atoms. The fourth-order valence-electron chi connectivity index (χ4n) is 3.21. The van der Waals surface area contributed by atoms with E-state index in [9.17, 15) is 9.59 Å². The van der Waals surface area contributed by atoms with Crippen molar-refractivity contribution in [2.45, 2.75) is 25.9 Å². The second-order valence-corrected chi connectivity index (χ2v) is 6.08. The third kappa shape index (κ3) is 2.73. The Morgan fingerprint density at radius 3 is 2.64 bits per heavy atom. The SMILES string of the molecule is CC(=O)N1Cc2ccccc2CC1C(=O)Nc1nnc2ccccn12. The third-order valence-electron chi connectivity index (χ3n) is 4.50. The van der Waals surface area contributed by atoms with Gasteiger partial charge in [0.2, 0.25) is 17.8 Å². The molecule has 7 heteroatoms. The maximum absolute atomic E-state index is 12.8. The zero-order valence-corrected chi connectivity index (χ0v) is 13.7. The zero-order chi connectivity index (χ0) is 17.4. The first-order valence-electron chi connectivity index (χ1n) is 8.08. The second-order valence-electron chi connectivity index (χ2n) is 6.08. The Morgan fingerprint density at radius 1 is 1.08 bits per heavy atom. The molecule has 4 rings (SSSR count). The van der Waals surface area contributed by atoms with Gasteiger partial charge in [-0.1, -0.05) is 30.3 Å². The van der Waals surface area contributed by atoms with E-state index in [1.165, 1.54) is 6.92 Å². The van der Waals surface area contributed by atoms with Crippen molar-refractivity contribution in [3.63, 3.8) is 0 Å². The van der Waals surface area contributed by atoms with Crippen molar-refractivity contribution in [3.8, 4) is 0 Å². The van der Waals surface area contributed by atoms with Crippen molar-refractivity contribution in [2.75, 3.05) is 5.32 Å². The predicted molar refractivity (Wildman–Crippen MR) is 91.8 cm³/mol. The van der Waals surface area contributed by atoms with Gasteiger partial charge in [0.1, 0.15) is 6.04 Å². The van der Waals surface area contributed by atoms with Crippen molar-refractivity contribution in [3.05, 3.63) is 59.8 Å². The smallest absolute Gasteiger partial charge is 0.249 e. The summed E-state index contributed by atoms with van der Waals surface area (Å²) in [6.45, 7) is 1.92. The average molecular weight is 335 g/mol. The number of nitrogens with one attached hydrogen (secondary N) is 1. The number of fused-ring (bicyclic) bond motifs is 2. The first-order chi connectivity index (χ1) is 12.1. The van der Waals surface area contributed by atoms with E-state index in [0.717, 1.165) is 11.1 Å². The van der Waals surface area contributed by atoms with E-state index in [-0.39, 0.29) is 11.8 Å². The molecule has 126 valence electrons. The molecule has 2 amide bonds. The van der Waals surface area contributed by atoms with Crippen LogP contribution in [0.1, 0.15) is 18.1 Å². The van der Waals surface area contributed by atoms with Gasteiger partial charge in [-0.05, 0) is 23.3 Å². The number of hydrogen-bond donors (Lipinski definition) is 1. The Kier molecular flexibility index (Phi) is 3.68. The van der Waals surface area contributed by atoms with Gasteiger partial charge < -0.3 is 4.90 Å². The summed E-state index contributed by atoms with van der Waals surface area (Å²) in [6.07, 6.45) is 2.27. The quantitative estimate of drug-likeness (QED) is 0.772. The van der Waals surface area contributed by atoms with Crippen LogP contribution in [0.2, 0.25) is 0 Å². The van der Waals surface area contributed by atoms with Crippen LogP contribution in [0.15, 0.2) is 48.7 Å². The molecule has 1 aliphatic rings. The molecule has 1 aromatic carbocycles. The highest BCUT2D eigenvalue weighted by molar-refractivity contribution is 5.96. The van der Waals surface area contributed by atoms with Crippen molar-refractivity contribution in [2.24, 2.45) is 0 Å². The molecule has 0 saturated heterocycles. The number of carbonyl (C=O) groups excluding carboxylic acids is 2. The molecule has 0 fully saturated rings. The Labute approximate surface area is 144 Å². The van der Waals surface area contributed by atoms with Gasteiger partial charge in [-0.15, -0.1) is 10.2 Å². The summed E-state index contributed by atoms with van der Waals surface area (Å²) in [4.78, 5) is 26.5. The van der Waals surface area contributed by atoms with Crippen LogP contribution in [0.4, 0.5) is 5.95 Å². The van der Waals surface area contributed by atoms with E-state index in [0.29, 0.717) is 24.6 Å². The van der Waals surface area contributed by atoms with Gasteiger partial charge in [0.15, 0.2) is 5.65 Å². The monoisotopic (exact) mass is 335 g/mol.